The van der Waals surface area contributed by atoms with Gasteiger partial charge >= 0.3 is 0 Å². The molecule has 62 valence electrons. The number of rotatable bonds is 0. The molecule has 0 aliphatic carbocycles. The lowest BCUT2D eigenvalue weighted by Gasteiger charge is -1.94. The molecule has 0 unspecified atom stereocenters. The first-order valence-electron chi connectivity index (χ1n) is 3.21. The third kappa shape index (κ3) is 2.95. The molecule has 1 rings (SSSR count). The summed E-state index contributed by atoms with van der Waals surface area (Å²) in [6.45, 7) is 4.00. The van der Waals surface area contributed by atoms with Crippen molar-refractivity contribution < 1.29 is 5.11 Å². The molecule has 0 spiro atoms. The molecule has 1 aromatic rings. The number of aromatic hydroxyl groups is 1. The number of hydrogen-bond donors (Lipinski definition) is 1. The van der Waals surface area contributed by atoms with Crippen molar-refractivity contribution in [1.82, 2.24) is 4.98 Å². The number of aromatic nitrogens is 1. The van der Waals surface area contributed by atoms with Crippen LogP contribution in [0.2, 0.25) is 10.2 Å². The van der Waals surface area contributed by atoms with Gasteiger partial charge in [0.25, 0.3) is 0 Å². The molecule has 1 aromatic heterocycles. The van der Waals surface area contributed by atoms with Crippen molar-refractivity contribution >= 4 is 23.2 Å². The van der Waals surface area contributed by atoms with Gasteiger partial charge in [-0.3, -0.25) is 0 Å². The highest BCUT2D eigenvalue weighted by atomic mass is 35.5. The second-order valence-electron chi connectivity index (χ2n) is 1.43. The predicted octanol–water partition coefficient (Wildman–Crippen LogP) is 3.12. The summed E-state index contributed by atoms with van der Waals surface area (Å²) in [6, 6.07) is 1.46. The summed E-state index contributed by atoms with van der Waals surface area (Å²) in [5.41, 5.74) is 0. The summed E-state index contributed by atoms with van der Waals surface area (Å²) in [5.74, 6) is -0.166. The third-order valence-corrected chi connectivity index (χ3v) is 1.41. The summed E-state index contributed by atoms with van der Waals surface area (Å²) in [5, 5.41) is 9.13. The lowest BCUT2D eigenvalue weighted by molar-refractivity contribution is 0.473. The lowest BCUT2D eigenvalue weighted by atomic mass is 10.5. The Morgan fingerprint density at radius 1 is 1.36 bits per heavy atom. The first-order valence-corrected chi connectivity index (χ1v) is 3.96. The Kier molecular flexibility index (Phi) is 4.99. The summed E-state index contributed by atoms with van der Waals surface area (Å²) in [7, 11) is 0. The molecule has 0 aliphatic heterocycles. The second-order valence-corrected chi connectivity index (χ2v) is 2.20. The molecule has 0 aliphatic rings. The molecule has 1 heterocycles. The molecule has 2 nitrogen and oxygen atoms in total. The Labute approximate surface area is 75.8 Å². The molecule has 11 heavy (non-hydrogen) atoms. The highest BCUT2D eigenvalue weighted by Gasteiger charge is 2.01. The number of nitrogens with zero attached hydrogens (tertiary/aromatic N) is 1. The van der Waals surface area contributed by atoms with Gasteiger partial charge in [0.2, 0.25) is 0 Å². The fourth-order valence-electron chi connectivity index (χ4n) is 0.407. The normalized spacial score (nSPS) is 8.36. The molecule has 0 saturated carbocycles. The topological polar surface area (TPSA) is 33.1 Å². The monoisotopic (exact) mass is 193 g/mol. The first-order chi connectivity index (χ1) is 5.22. The van der Waals surface area contributed by atoms with E-state index in [0.29, 0.717) is 0 Å². The second kappa shape index (κ2) is 5.22. The molecule has 0 saturated heterocycles. The Bertz CT molecular complexity index is 207. The van der Waals surface area contributed by atoms with E-state index in [1.807, 2.05) is 13.8 Å². The van der Waals surface area contributed by atoms with Crippen LogP contribution < -0.4 is 0 Å². The third-order valence-electron chi connectivity index (χ3n) is 0.830. The molecular formula is C7H9Cl2NO. The molecular weight excluding hydrogens is 185 g/mol. The summed E-state index contributed by atoms with van der Waals surface area (Å²) in [6.07, 6.45) is 1.42. The maximum atomic E-state index is 8.88. The van der Waals surface area contributed by atoms with Crippen molar-refractivity contribution in [2.45, 2.75) is 13.8 Å². The molecule has 0 bridgehead atoms. The van der Waals surface area contributed by atoms with Gasteiger partial charge in [-0.15, -0.1) is 0 Å². The van der Waals surface area contributed by atoms with Crippen molar-refractivity contribution in [3.05, 3.63) is 22.4 Å². The van der Waals surface area contributed by atoms with E-state index < -0.39 is 0 Å². The maximum Gasteiger partial charge on any atom is 0.172 e. The number of pyridine rings is 1. The zero-order valence-electron chi connectivity index (χ0n) is 6.31. The van der Waals surface area contributed by atoms with E-state index in [1.54, 1.807) is 0 Å². The van der Waals surface area contributed by atoms with Crippen molar-refractivity contribution in [2.75, 3.05) is 0 Å². The summed E-state index contributed by atoms with van der Waals surface area (Å²) >= 11 is 10.8. The van der Waals surface area contributed by atoms with Gasteiger partial charge in [-0.1, -0.05) is 37.0 Å². The van der Waals surface area contributed by atoms with E-state index in [9.17, 15) is 0 Å². The zero-order valence-corrected chi connectivity index (χ0v) is 7.82. The van der Waals surface area contributed by atoms with E-state index in [1.165, 1.54) is 12.3 Å². The van der Waals surface area contributed by atoms with Crippen LogP contribution in [0.3, 0.4) is 0 Å². The van der Waals surface area contributed by atoms with Crippen LogP contribution >= 0.6 is 23.2 Å². The molecule has 0 fully saturated rings. The predicted molar refractivity (Wildman–Crippen MR) is 47.3 cm³/mol. The van der Waals surface area contributed by atoms with E-state index >= 15 is 0 Å². The minimum Gasteiger partial charge on any atom is -0.504 e. The van der Waals surface area contributed by atoms with Gasteiger partial charge in [0.05, 0.1) is 5.02 Å². The lowest BCUT2D eigenvalue weighted by Crippen LogP contribution is -1.74. The number of halogens is 2. The van der Waals surface area contributed by atoms with Crippen LogP contribution in [0.5, 0.6) is 5.75 Å². The van der Waals surface area contributed by atoms with Crippen LogP contribution in [0.1, 0.15) is 13.8 Å². The molecule has 0 radical (unpaired) electrons. The Morgan fingerprint density at radius 3 is 2.27 bits per heavy atom. The molecule has 4 heteroatoms. The zero-order chi connectivity index (χ0) is 8.85. The summed E-state index contributed by atoms with van der Waals surface area (Å²) in [4.78, 5) is 3.57. The van der Waals surface area contributed by atoms with E-state index in [0.717, 1.165) is 0 Å². The van der Waals surface area contributed by atoms with Crippen LogP contribution in [-0.2, 0) is 0 Å². The van der Waals surface area contributed by atoms with E-state index in [4.69, 9.17) is 28.3 Å². The van der Waals surface area contributed by atoms with Gasteiger partial charge in [0.1, 0.15) is 0 Å². The molecule has 0 atom stereocenters. The van der Waals surface area contributed by atoms with Crippen LogP contribution in [0.25, 0.3) is 0 Å². The van der Waals surface area contributed by atoms with Crippen molar-refractivity contribution in [1.29, 1.82) is 0 Å². The van der Waals surface area contributed by atoms with Gasteiger partial charge in [-0.25, -0.2) is 4.98 Å². The SMILES string of the molecule is CC.Oc1c(Cl)ccnc1Cl. The van der Waals surface area contributed by atoms with Crippen LogP contribution in [0.4, 0.5) is 0 Å². The van der Waals surface area contributed by atoms with Crippen molar-refractivity contribution in [3.63, 3.8) is 0 Å². The van der Waals surface area contributed by atoms with Crippen molar-refractivity contribution in [2.24, 2.45) is 0 Å². The van der Waals surface area contributed by atoms with Gasteiger partial charge < -0.3 is 5.11 Å². The van der Waals surface area contributed by atoms with Crippen LogP contribution in [0, 0.1) is 0 Å². The maximum absolute atomic E-state index is 8.88. The standard InChI is InChI=1S/C5H3Cl2NO.C2H6/c6-3-1-2-8-5(7)4(3)9;1-2/h1-2,9H;1-2H3. The largest absolute Gasteiger partial charge is 0.504 e. The first kappa shape index (κ1) is 10.5. The number of hydrogen-bond acceptors (Lipinski definition) is 2. The Balaban J connectivity index is 0.000000461. The minimum absolute atomic E-state index is 0.0301. The van der Waals surface area contributed by atoms with Gasteiger partial charge in [-0.2, -0.15) is 0 Å². The Hall–Kier alpha value is -0.470. The highest BCUT2D eigenvalue weighted by molar-refractivity contribution is 6.36. The smallest absolute Gasteiger partial charge is 0.172 e. The Morgan fingerprint density at radius 2 is 1.91 bits per heavy atom. The van der Waals surface area contributed by atoms with Gasteiger partial charge in [0, 0.05) is 6.20 Å². The van der Waals surface area contributed by atoms with Crippen molar-refractivity contribution in [3.8, 4) is 5.75 Å². The molecule has 0 amide bonds. The fourth-order valence-corrected chi connectivity index (χ4v) is 0.759. The molecule has 0 aromatic carbocycles. The van der Waals surface area contributed by atoms with Crippen LogP contribution in [0.15, 0.2) is 12.3 Å². The summed E-state index contributed by atoms with van der Waals surface area (Å²) < 4.78 is 0. The fraction of sp³-hybridized carbons (Fsp3) is 0.286. The quantitative estimate of drug-likeness (QED) is 0.643. The van der Waals surface area contributed by atoms with E-state index in [2.05, 4.69) is 4.98 Å². The average molecular weight is 194 g/mol. The van der Waals surface area contributed by atoms with Gasteiger partial charge in [0.15, 0.2) is 10.9 Å². The van der Waals surface area contributed by atoms with Gasteiger partial charge in [-0.05, 0) is 6.07 Å². The van der Waals surface area contributed by atoms with E-state index in [-0.39, 0.29) is 15.9 Å². The average Bonchev–Trinajstić information content (AvgIpc) is 2.04. The van der Waals surface area contributed by atoms with Crippen LogP contribution in [-0.4, -0.2) is 10.1 Å². The molecule has 1 N–H and O–H groups in total. The minimum atomic E-state index is -0.166. The highest BCUT2D eigenvalue weighted by Crippen LogP contribution is 2.27.